The van der Waals surface area contributed by atoms with Crippen LogP contribution < -0.4 is 0 Å². The Labute approximate surface area is 164 Å². The molecule has 0 bridgehead atoms. The van der Waals surface area contributed by atoms with Gasteiger partial charge in [0.05, 0.1) is 29.7 Å². The molecule has 0 aromatic rings. The summed E-state index contributed by atoms with van der Waals surface area (Å²) in [6, 6.07) is 0. The Morgan fingerprint density at radius 2 is 1.67 bits per heavy atom. The summed E-state index contributed by atoms with van der Waals surface area (Å²) in [5.41, 5.74) is -3.90. The van der Waals surface area contributed by atoms with E-state index in [1.807, 2.05) is 33.8 Å². The van der Waals surface area contributed by atoms with Gasteiger partial charge in [0.15, 0.2) is 5.60 Å². The molecular formula is C22H38O5. The lowest BCUT2D eigenvalue weighted by Gasteiger charge is -2.48. The van der Waals surface area contributed by atoms with Crippen LogP contribution in [-0.2, 0) is 9.47 Å². The monoisotopic (exact) mass is 382 g/mol. The summed E-state index contributed by atoms with van der Waals surface area (Å²) in [6.45, 7) is 13.3. The van der Waals surface area contributed by atoms with Gasteiger partial charge in [-0.15, -0.1) is 0 Å². The highest BCUT2D eigenvalue weighted by molar-refractivity contribution is 5.20. The van der Waals surface area contributed by atoms with E-state index in [1.165, 1.54) is 6.26 Å². The highest BCUT2D eigenvalue weighted by Crippen LogP contribution is 2.43. The summed E-state index contributed by atoms with van der Waals surface area (Å²) in [5.74, 6) is 0.199. The predicted octanol–water partition coefficient (Wildman–Crippen LogP) is 3.47. The Kier molecular flexibility index (Phi) is 6.23. The molecule has 5 nitrogen and oxygen atoms in total. The minimum Gasteiger partial charge on any atom is -0.488 e. The van der Waals surface area contributed by atoms with Gasteiger partial charge in [-0.05, 0) is 85.1 Å². The predicted molar refractivity (Wildman–Crippen MR) is 106 cm³/mol. The highest BCUT2D eigenvalue weighted by atomic mass is 16.6. The first-order chi connectivity index (χ1) is 12.2. The molecule has 0 spiro atoms. The van der Waals surface area contributed by atoms with E-state index in [9.17, 15) is 15.3 Å². The molecule has 0 aromatic carbocycles. The van der Waals surface area contributed by atoms with E-state index >= 15 is 0 Å². The second kappa shape index (κ2) is 7.51. The van der Waals surface area contributed by atoms with E-state index in [2.05, 4.69) is 6.58 Å². The van der Waals surface area contributed by atoms with Gasteiger partial charge in [-0.3, -0.25) is 0 Å². The van der Waals surface area contributed by atoms with E-state index in [4.69, 9.17) is 9.47 Å². The van der Waals surface area contributed by atoms with E-state index in [1.54, 1.807) is 13.0 Å². The van der Waals surface area contributed by atoms with Crippen LogP contribution in [0.5, 0.6) is 0 Å². The SMILES string of the molecule is C=COC1(C(C)(C)OCC2(O)CCC(C(C)(C)O)CC2)C=C[C@@](C)(O)CC1. The zero-order chi connectivity index (χ0) is 20.6. The molecule has 5 heteroatoms. The molecule has 0 radical (unpaired) electrons. The van der Waals surface area contributed by atoms with Crippen LogP contribution in [0.4, 0.5) is 0 Å². The fourth-order valence-corrected chi connectivity index (χ4v) is 4.25. The molecule has 2 rings (SSSR count). The van der Waals surface area contributed by atoms with Crippen LogP contribution in [0.3, 0.4) is 0 Å². The third kappa shape index (κ3) is 5.14. The largest absolute Gasteiger partial charge is 0.488 e. The topological polar surface area (TPSA) is 79.2 Å². The van der Waals surface area contributed by atoms with Crippen molar-refractivity contribution in [3.05, 3.63) is 25.0 Å². The smallest absolute Gasteiger partial charge is 0.155 e. The van der Waals surface area contributed by atoms with Gasteiger partial charge in [0.2, 0.25) is 0 Å². The van der Waals surface area contributed by atoms with Crippen molar-refractivity contribution >= 4 is 0 Å². The maximum Gasteiger partial charge on any atom is 0.155 e. The summed E-state index contributed by atoms with van der Waals surface area (Å²) in [7, 11) is 0. The summed E-state index contributed by atoms with van der Waals surface area (Å²) >= 11 is 0. The zero-order valence-corrected chi connectivity index (χ0v) is 17.6. The van der Waals surface area contributed by atoms with Crippen LogP contribution in [0.25, 0.3) is 0 Å². The quantitative estimate of drug-likeness (QED) is 0.464. The van der Waals surface area contributed by atoms with Crippen molar-refractivity contribution in [2.45, 2.75) is 101 Å². The first-order valence-electron chi connectivity index (χ1n) is 10.0. The average molecular weight is 383 g/mol. The number of aliphatic hydroxyl groups is 3. The first kappa shape index (κ1) is 22.4. The van der Waals surface area contributed by atoms with Crippen molar-refractivity contribution in [2.75, 3.05) is 6.61 Å². The molecule has 0 saturated heterocycles. The average Bonchev–Trinajstić information content (AvgIpc) is 2.55. The minimum atomic E-state index is -0.891. The van der Waals surface area contributed by atoms with Crippen molar-refractivity contribution in [3.8, 4) is 0 Å². The molecule has 2 aliphatic rings. The molecule has 2 atom stereocenters. The molecule has 2 aliphatic carbocycles. The molecule has 0 heterocycles. The van der Waals surface area contributed by atoms with E-state index in [-0.39, 0.29) is 12.5 Å². The summed E-state index contributed by atoms with van der Waals surface area (Å²) in [4.78, 5) is 0. The third-order valence-electron chi connectivity index (χ3n) is 6.64. The lowest BCUT2D eigenvalue weighted by molar-refractivity contribution is -0.192. The van der Waals surface area contributed by atoms with Crippen molar-refractivity contribution in [1.29, 1.82) is 0 Å². The standard InChI is InChI=1S/C22H38O5/c1-7-26-22(14-12-20(6,24)13-15-22)19(4,5)27-16-21(25)10-8-17(9-11-21)18(2,3)23/h7,12,14,17,23-25H,1,8-11,13,15-16H2,2-6H3/t17?,20-,21?,22?/m1/s1. The summed E-state index contributed by atoms with van der Waals surface area (Å²) < 4.78 is 12.1. The Hall–Kier alpha value is -0.880. The van der Waals surface area contributed by atoms with Gasteiger partial charge in [-0.2, -0.15) is 0 Å². The normalized spacial score (nSPS) is 37.9. The molecule has 156 valence electrons. The molecule has 1 saturated carbocycles. The minimum absolute atomic E-state index is 0.199. The second-order valence-corrected chi connectivity index (χ2v) is 9.82. The molecule has 0 aromatic heterocycles. The fraction of sp³-hybridized carbons (Fsp3) is 0.818. The Balaban J connectivity index is 2.06. The third-order valence-corrected chi connectivity index (χ3v) is 6.64. The van der Waals surface area contributed by atoms with Crippen molar-refractivity contribution in [1.82, 2.24) is 0 Å². The highest BCUT2D eigenvalue weighted by Gasteiger charge is 2.50. The van der Waals surface area contributed by atoms with Crippen LogP contribution in [-0.4, -0.2) is 49.9 Å². The van der Waals surface area contributed by atoms with Crippen molar-refractivity contribution in [3.63, 3.8) is 0 Å². The number of rotatable bonds is 7. The Morgan fingerprint density at radius 3 is 2.11 bits per heavy atom. The van der Waals surface area contributed by atoms with Gasteiger partial charge in [0.25, 0.3) is 0 Å². The lowest BCUT2D eigenvalue weighted by Crippen LogP contribution is -2.56. The van der Waals surface area contributed by atoms with Crippen LogP contribution in [0.1, 0.15) is 73.1 Å². The van der Waals surface area contributed by atoms with Crippen molar-refractivity contribution in [2.24, 2.45) is 5.92 Å². The Morgan fingerprint density at radius 1 is 1.07 bits per heavy atom. The molecule has 1 fully saturated rings. The zero-order valence-electron chi connectivity index (χ0n) is 17.6. The number of ether oxygens (including phenoxy) is 2. The maximum absolute atomic E-state index is 11.0. The van der Waals surface area contributed by atoms with Gasteiger partial charge in [0.1, 0.15) is 5.60 Å². The van der Waals surface area contributed by atoms with Gasteiger partial charge >= 0.3 is 0 Å². The van der Waals surface area contributed by atoms with E-state index in [0.717, 1.165) is 12.8 Å². The van der Waals surface area contributed by atoms with Crippen LogP contribution in [0.2, 0.25) is 0 Å². The van der Waals surface area contributed by atoms with Crippen LogP contribution >= 0.6 is 0 Å². The fourth-order valence-electron chi connectivity index (χ4n) is 4.25. The van der Waals surface area contributed by atoms with Gasteiger partial charge in [0, 0.05) is 0 Å². The van der Waals surface area contributed by atoms with Crippen molar-refractivity contribution < 1.29 is 24.8 Å². The van der Waals surface area contributed by atoms with E-state index < -0.39 is 28.0 Å². The molecule has 0 aliphatic heterocycles. The maximum atomic E-state index is 11.0. The molecule has 3 N–H and O–H groups in total. The number of hydrogen-bond donors (Lipinski definition) is 3. The van der Waals surface area contributed by atoms with Crippen LogP contribution in [0, 0.1) is 5.92 Å². The van der Waals surface area contributed by atoms with Gasteiger partial charge in [-0.1, -0.05) is 12.7 Å². The van der Waals surface area contributed by atoms with Crippen LogP contribution in [0.15, 0.2) is 25.0 Å². The molecule has 1 unspecified atom stereocenters. The lowest BCUT2D eigenvalue weighted by atomic mass is 9.72. The number of hydrogen-bond acceptors (Lipinski definition) is 5. The summed E-state index contributed by atoms with van der Waals surface area (Å²) in [6.07, 6.45) is 8.97. The summed E-state index contributed by atoms with van der Waals surface area (Å²) in [5, 5.41) is 31.4. The molecule has 0 amide bonds. The molecular weight excluding hydrogens is 344 g/mol. The first-order valence-corrected chi connectivity index (χ1v) is 10.0. The Bertz CT molecular complexity index is 550. The van der Waals surface area contributed by atoms with Gasteiger partial charge < -0.3 is 24.8 Å². The van der Waals surface area contributed by atoms with E-state index in [0.29, 0.717) is 25.7 Å². The van der Waals surface area contributed by atoms with Gasteiger partial charge in [-0.25, -0.2) is 0 Å². The second-order valence-electron chi connectivity index (χ2n) is 9.82. The molecule has 27 heavy (non-hydrogen) atoms.